The fourth-order valence-electron chi connectivity index (χ4n) is 1.99. The number of sulfonamides is 1. The minimum atomic E-state index is -4.27. The molecular formula is C16H18FNO5S. The van der Waals surface area contributed by atoms with E-state index in [0.29, 0.717) is 6.42 Å². The van der Waals surface area contributed by atoms with E-state index in [1.54, 1.807) is 16.9 Å². The number of aliphatic hydroxyl groups excluding tert-OH is 1. The molecule has 0 aliphatic rings. The number of phenolic OH excluding ortho intramolecular Hbond substituents is 1. The fourth-order valence-corrected chi connectivity index (χ4v) is 3.13. The van der Waals surface area contributed by atoms with E-state index in [-0.39, 0.29) is 16.4 Å². The first-order valence-corrected chi connectivity index (χ1v) is 8.67. The zero-order valence-electron chi connectivity index (χ0n) is 12.9. The Balaban J connectivity index is 2.26. The Bertz CT molecular complexity index is 797. The van der Waals surface area contributed by atoms with Crippen molar-refractivity contribution in [1.29, 1.82) is 0 Å². The molecule has 1 atom stereocenters. The third-order valence-corrected chi connectivity index (χ3v) is 4.71. The lowest BCUT2D eigenvalue weighted by Crippen LogP contribution is -2.52. The van der Waals surface area contributed by atoms with E-state index in [4.69, 9.17) is 4.74 Å². The average Bonchev–Trinajstić information content (AvgIpc) is 2.57. The van der Waals surface area contributed by atoms with Gasteiger partial charge in [-0.3, -0.25) is 0 Å². The van der Waals surface area contributed by atoms with E-state index in [9.17, 15) is 23.0 Å². The maximum absolute atomic E-state index is 14.7. The molecule has 0 aromatic heterocycles. The van der Waals surface area contributed by atoms with E-state index in [0.717, 1.165) is 5.56 Å². The van der Waals surface area contributed by atoms with Gasteiger partial charge in [0, 0.05) is 0 Å². The van der Waals surface area contributed by atoms with Crippen molar-refractivity contribution < 1.29 is 27.8 Å². The van der Waals surface area contributed by atoms with E-state index >= 15 is 0 Å². The second kappa shape index (κ2) is 7.16. The molecule has 24 heavy (non-hydrogen) atoms. The van der Waals surface area contributed by atoms with Crippen molar-refractivity contribution in [2.24, 2.45) is 0 Å². The summed E-state index contributed by atoms with van der Waals surface area (Å²) < 4.78 is 45.6. The van der Waals surface area contributed by atoms with Gasteiger partial charge in [-0.05, 0) is 36.2 Å². The number of aliphatic hydroxyl groups is 1. The molecule has 2 aromatic carbocycles. The molecule has 0 aliphatic carbocycles. The van der Waals surface area contributed by atoms with Crippen molar-refractivity contribution in [2.45, 2.75) is 24.2 Å². The molecule has 130 valence electrons. The molecule has 3 N–H and O–H groups in total. The summed E-state index contributed by atoms with van der Waals surface area (Å²) in [6.45, 7) is 0.588. The Kier molecular flexibility index (Phi) is 5.43. The fraction of sp³-hybridized carbons (Fsp3) is 0.250. The van der Waals surface area contributed by atoms with Crippen LogP contribution in [0.15, 0.2) is 53.4 Å². The maximum Gasteiger partial charge on any atom is 0.344 e. The molecule has 6 nitrogen and oxygen atoms in total. The molecule has 0 spiro atoms. The molecule has 0 amide bonds. The van der Waals surface area contributed by atoms with Crippen LogP contribution in [0.25, 0.3) is 0 Å². The summed E-state index contributed by atoms with van der Waals surface area (Å²) in [7, 11) is -4.27. The van der Waals surface area contributed by atoms with Crippen LogP contribution in [0.3, 0.4) is 0 Å². The number of ether oxygens (including phenoxy) is 1. The summed E-state index contributed by atoms with van der Waals surface area (Å²) in [5.74, 6) is -3.77. The van der Waals surface area contributed by atoms with Gasteiger partial charge in [0.25, 0.3) is 0 Å². The Morgan fingerprint density at radius 1 is 1.21 bits per heavy atom. The molecule has 0 fully saturated rings. The van der Waals surface area contributed by atoms with Crippen molar-refractivity contribution in [1.82, 2.24) is 4.72 Å². The smallest absolute Gasteiger partial charge is 0.344 e. The third-order valence-electron chi connectivity index (χ3n) is 3.25. The number of phenols is 1. The largest absolute Gasteiger partial charge is 0.504 e. The summed E-state index contributed by atoms with van der Waals surface area (Å²) in [5, 5.41) is 19.1. The van der Waals surface area contributed by atoms with E-state index < -0.39 is 22.6 Å². The van der Waals surface area contributed by atoms with Crippen molar-refractivity contribution in [2.75, 3.05) is 6.61 Å². The first-order valence-electron chi connectivity index (χ1n) is 7.19. The number of hydrogen-bond donors (Lipinski definition) is 3. The predicted octanol–water partition coefficient (Wildman–Crippen LogP) is 1.93. The minimum absolute atomic E-state index is 0.186. The molecular weight excluding hydrogens is 337 g/mol. The van der Waals surface area contributed by atoms with Gasteiger partial charge in [0.2, 0.25) is 10.0 Å². The standard InChI is InChI=1S/C16H18FNO5S/c1-2-12-8-9-15(14(20)10-12)23-16(17,11-19)18-24(21,22)13-6-4-3-5-7-13/h3-10,18-20H,2,11H2,1H3. The number of aryl methyl sites for hydroxylation is 1. The molecule has 0 saturated heterocycles. The molecule has 0 bridgehead atoms. The summed E-state index contributed by atoms with van der Waals surface area (Å²) in [5.41, 5.74) is 0.790. The van der Waals surface area contributed by atoms with Crippen LogP contribution in [0.2, 0.25) is 0 Å². The molecule has 0 saturated carbocycles. The zero-order chi connectivity index (χ0) is 17.8. The molecule has 8 heteroatoms. The highest BCUT2D eigenvalue weighted by atomic mass is 32.2. The van der Waals surface area contributed by atoms with Crippen LogP contribution in [0.1, 0.15) is 12.5 Å². The lowest BCUT2D eigenvalue weighted by Gasteiger charge is -2.25. The van der Waals surface area contributed by atoms with Crippen LogP contribution in [0, 0.1) is 0 Å². The monoisotopic (exact) mass is 355 g/mol. The zero-order valence-corrected chi connectivity index (χ0v) is 13.8. The predicted molar refractivity (Wildman–Crippen MR) is 85.8 cm³/mol. The van der Waals surface area contributed by atoms with Gasteiger partial charge >= 0.3 is 5.98 Å². The molecule has 2 rings (SSSR count). The Morgan fingerprint density at radius 3 is 2.42 bits per heavy atom. The van der Waals surface area contributed by atoms with E-state index in [1.807, 2.05) is 6.92 Å². The Hall–Kier alpha value is -2.16. The number of nitrogens with one attached hydrogen (secondary N) is 1. The molecule has 1 unspecified atom stereocenters. The third kappa shape index (κ3) is 4.22. The summed E-state index contributed by atoms with van der Waals surface area (Å²) in [4.78, 5) is -0.186. The number of rotatable bonds is 7. The quantitative estimate of drug-likeness (QED) is 0.521. The van der Waals surface area contributed by atoms with Crippen LogP contribution in [0.4, 0.5) is 4.39 Å². The molecule has 0 heterocycles. The minimum Gasteiger partial charge on any atom is -0.504 e. The van der Waals surface area contributed by atoms with Gasteiger partial charge in [-0.25, -0.2) is 8.42 Å². The first-order chi connectivity index (χ1) is 11.3. The van der Waals surface area contributed by atoms with Gasteiger partial charge in [-0.1, -0.05) is 31.2 Å². The van der Waals surface area contributed by atoms with Crippen molar-refractivity contribution in [3.63, 3.8) is 0 Å². The number of alkyl halides is 1. The summed E-state index contributed by atoms with van der Waals surface area (Å²) in [6, 6.07) is 11.4. The average molecular weight is 355 g/mol. The number of aromatic hydroxyl groups is 1. The lowest BCUT2D eigenvalue weighted by atomic mass is 10.1. The number of benzene rings is 2. The summed E-state index contributed by atoms with van der Waals surface area (Å²) >= 11 is 0. The van der Waals surface area contributed by atoms with Gasteiger partial charge in [0.1, 0.15) is 6.61 Å². The highest BCUT2D eigenvalue weighted by Crippen LogP contribution is 2.30. The molecule has 0 radical (unpaired) electrons. The van der Waals surface area contributed by atoms with Crippen LogP contribution < -0.4 is 9.46 Å². The number of halogens is 1. The van der Waals surface area contributed by atoms with Gasteiger partial charge in [0.15, 0.2) is 11.5 Å². The van der Waals surface area contributed by atoms with Crippen LogP contribution in [-0.4, -0.2) is 31.2 Å². The first kappa shape index (κ1) is 18.2. The van der Waals surface area contributed by atoms with Gasteiger partial charge in [0.05, 0.1) is 4.90 Å². The topological polar surface area (TPSA) is 95.9 Å². The Labute approximate surface area is 139 Å². The van der Waals surface area contributed by atoms with E-state index in [2.05, 4.69) is 0 Å². The Morgan fingerprint density at radius 2 is 1.88 bits per heavy atom. The van der Waals surface area contributed by atoms with Crippen LogP contribution in [-0.2, 0) is 16.4 Å². The van der Waals surface area contributed by atoms with Crippen molar-refractivity contribution >= 4 is 10.0 Å². The van der Waals surface area contributed by atoms with Gasteiger partial charge < -0.3 is 14.9 Å². The summed E-state index contributed by atoms with van der Waals surface area (Å²) in [6.07, 6.45) is 0.648. The number of hydrogen-bond acceptors (Lipinski definition) is 5. The maximum atomic E-state index is 14.7. The SMILES string of the molecule is CCc1ccc(OC(F)(CO)NS(=O)(=O)c2ccccc2)c(O)c1. The van der Waals surface area contributed by atoms with Crippen molar-refractivity contribution in [3.8, 4) is 11.5 Å². The van der Waals surface area contributed by atoms with Gasteiger partial charge in [-0.2, -0.15) is 4.39 Å². The van der Waals surface area contributed by atoms with Crippen molar-refractivity contribution in [3.05, 3.63) is 54.1 Å². The van der Waals surface area contributed by atoms with Crippen LogP contribution >= 0.6 is 0 Å². The normalized spacial score (nSPS) is 14.1. The molecule has 0 aliphatic heterocycles. The lowest BCUT2D eigenvalue weighted by molar-refractivity contribution is -0.110. The van der Waals surface area contributed by atoms with E-state index in [1.165, 1.54) is 36.4 Å². The highest BCUT2D eigenvalue weighted by molar-refractivity contribution is 7.89. The highest BCUT2D eigenvalue weighted by Gasteiger charge is 2.38. The van der Waals surface area contributed by atoms with Gasteiger partial charge in [-0.15, -0.1) is 4.72 Å². The molecule has 2 aromatic rings. The second-order valence-electron chi connectivity index (χ2n) is 5.06. The van der Waals surface area contributed by atoms with Crippen LogP contribution in [0.5, 0.6) is 11.5 Å². The second-order valence-corrected chi connectivity index (χ2v) is 6.75.